The van der Waals surface area contributed by atoms with Gasteiger partial charge in [-0.05, 0) is 36.4 Å². The Kier molecular flexibility index (Phi) is 3.94. The van der Waals surface area contributed by atoms with Gasteiger partial charge in [-0.2, -0.15) is 8.97 Å². The molecule has 0 bridgehead atoms. The van der Waals surface area contributed by atoms with Gasteiger partial charge in [0, 0.05) is 0 Å². The van der Waals surface area contributed by atoms with Crippen LogP contribution >= 0.6 is 0 Å². The first-order chi connectivity index (χ1) is 10.4. The Labute approximate surface area is 135 Å². The van der Waals surface area contributed by atoms with Crippen molar-refractivity contribution in [3.05, 3.63) is 91.3 Å². The van der Waals surface area contributed by atoms with Gasteiger partial charge in [0.25, 0.3) is 5.82 Å². The van der Waals surface area contributed by atoms with Gasteiger partial charge in [-0.1, -0.05) is 42.5 Å². The smallest absolute Gasteiger partial charge is 0.299 e. The zero-order valence-corrected chi connectivity index (χ0v) is 12.7. The molecule has 0 N–H and O–H groups in total. The molecule has 4 rings (SSSR count). The molecule has 0 saturated heterocycles. The van der Waals surface area contributed by atoms with E-state index in [2.05, 4.69) is 88.1 Å². The zero-order chi connectivity index (χ0) is 14.1. The summed E-state index contributed by atoms with van der Waals surface area (Å²) < 4.78 is 4.47. The third kappa shape index (κ3) is 2.38. The molecular weight excluding hydrogens is 292 g/mol. The Morgan fingerprint density at radius 1 is 0.682 bits per heavy atom. The Morgan fingerprint density at radius 3 is 2.05 bits per heavy atom. The molecule has 2 heterocycles. The summed E-state index contributed by atoms with van der Waals surface area (Å²) in [4.78, 5) is 0. The van der Waals surface area contributed by atoms with E-state index in [4.69, 9.17) is 0 Å². The van der Waals surface area contributed by atoms with Crippen LogP contribution in [-0.4, -0.2) is 4.40 Å². The van der Waals surface area contributed by atoms with E-state index in [1.807, 2.05) is 12.1 Å². The monoisotopic (exact) mass is 306 g/mol. The van der Waals surface area contributed by atoms with Crippen molar-refractivity contribution in [1.29, 1.82) is 0 Å². The lowest BCUT2D eigenvalue weighted by Gasteiger charge is -2.01. The normalized spacial score (nSPS) is 10.4. The quantitative estimate of drug-likeness (QED) is 0.486. The van der Waals surface area contributed by atoms with Gasteiger partial charge in [0.1, 0.15) is 11.9 Å². The summed E-state index contributed by atoms with van der Waals surface area (Å²) in [6.07, 6.45) is 4.29. The molecule has 0 radical (unpaired) electrons. The average molecular weight is 307 g/mol. The summed E-state index contributed by atoms with van der Waals surface area (Å²) in [5.41, 5.74) is 3.55. The van der Waals surface area contributed by atoms with Crippen molar-refractivity contribution in [2.45, 2.75) is 0 Å². The lowest BCUT2D eigenvalue weighted by molar-refractivity contribution is -0.582. The van der Waals surface area contributed by atoms with Gasteiger partial charge in [-0.25, -0.2) is 0 Å². The third-order valence-electron chi connectivity index (χ3n) is 3.68. The van der Waals surface area contributed by atoms with Gasteiger partial charge >= 0.3 is 0 Å². The summed E-state index contributed by atoms with van der Waals surface area (Å²) >= 11 is 0. The van der Waals surface area contributed by atoms with Crippen molar-refractivity contribution in [1.82, 2.24) is 4.40 Å². The Balaban J connectivity index is 0.00000144. The van der Waals surface area contributed by atoms with Crippen LogP contribution in [0, 0.1) is 0 Å². The average Bonchev–Trinajstić information content (AvgIpc) is 2.96. The topological polar surface area (TPSA) is 8.29 Å². The molecule has 22 heavy (non-hydrogen) atoms. The summed E-state index contributed by atoms with van der Waals surface area (Å²) in [5.74, 6) is 1.16. The Bertz CT molecular complexity index is 883. The van der Waals surface area contributed by atoms with Gasteiger partial charge in [-0.15, -0.1) is 0 Å². The van der Waals surface area contributed by atoms with Gasteiger partial charge in [0.2, 0.25) is 0 Å². The van der Waals surface area contributed by atoms with Crippen molar-refractivity contribution in [2.75, 3.05) is 0 Å². The molecule has 2 nitrogen and oxygen atoms in total. The van der Waals surface area contributed by atoms with E-state index in [0.29, 0.717) is 0 Å². The van der Waals surface area contributed by atoms with Crippen LogP contribution in [0.25, 0.3) is 22.6 Å². The highest BCUT2D eigenvalue weighted by molar-refractivity contribution is 5.59. The van der Waals surface area contributed by atoms with Crippen molar-refractivity contribution < 1.29 is 17.0 Å². The van der Waals surface area contributed by atoms with E-state index < -0.39 is 0 Å². The van der Waals surface area contributed by atoms with Crippen LogP contribution in [0.2, 0.25) is 0 Å². The minimum atomic E-state index is 0. The highest BCUT2D eigenvalue weighted by atomic mass is 35.5. The van der Waals surface area contributed by atoms with Crippen LogP contribution < -0.4 is 17.0 Å². The fourth-order valence-corrected chi connectivity index (χ4v) is 2.71. The second-order valence-corrected chi connectivity index (χ2v) is 5.02. The van der Waals surface area contributed by atoms with Crippen LogP contribution in [0.3, 0.4) is 0 Å². The first kappa shape index (κ1) is 14.4. The summed E-state index contributed by atoms with van der Waals surface area (Å²) in [7, 11) is 0. The Hall–Kier alpha value is -2.58. The molecule has 0 aliphatic carbocycles. The maximum absolute atomic E-state index is 2.24. The van der Waals surface area contributed by atoms with Crippen molar-refractivity contribution in [3.8, 4) is 17.1 Å². The molecule has 2 aromatic carbocycles. The fourth-order valence-electron chi connectivity index (χ4n) is 2.71. The van der Waals surface area contributed by atoms with E-state index in [1.54, 1.807) is 0 Å². The summed E-state index contributed by atoms with van der Waals surface area (Å²) in [6, 6.07) is 27.2. The van der Waals surface area contributed by atoms with Crippen molar-refractivity contribution >= 4 is 5.52 Å². The van der Waals surface area contributed by atoms with Crippen molar-refractivity contribution in [2.24, 2.45) is 0 Å². The van der Waals surface area contributed by atoms with Gasteiger partial charge in [0.15, 0.2) is 5.52 Å². The summed E-state index contributed by atoms with van der Waals surface area (Å²) in [6.45, 7) is 0. The minimum absolute atomic E-state index is 0. The van der Waals surface area contributed by atoms with Gasteiger partial charge in [0.05, 0.1) is 11.8 Å². The number of rotatable bonds is 2. The molecule has 0 fully saturated rings. The van der Waals surface area contributed by atoms with Crippen LogP contribution in [0.4, 0.5) is 0 Å². The number of halogens is 1. The zero-order valence-electron chi connectivity index (χ0n) is 11.9. The SMILES string of the molecule is [Cl-].c1ccc(-c2n3ccccc3c[n+]2-c2ccccc2)cc1. The van der Waals surface area contributed by atoms with Crippen LogP contribution in [0.5, 0.6) is 0 Å². The highest BCUT2D eigenvalue weighted by Gasteiger charge is 2.20. The molecule has 2 aromatic heterocycles. The van der Waals surface area contributed by atoms with Crippen LogP contribution in [-0.2, 0) is 0 Å². The first-order valence-electron chi connectivity index (χ1n) is 7.06. The van der Waals surface area contributed by atoms with Gasteiger partial charge in [-0.3, -0.25) is 0 Å². The molecule has 0 aliphatic rings. The van der Waals surface area contributed by atoms with Gasteiger partial charge < -0.3 is 12.4 Å². The molecule has 0 atom stereocenters. The molecule has 0 unspecified atom stereocenters. The van der Waals surface area contributed by atoms with Crippen LogP contribution in [0.1, 0.15) is 0 Å². The predicted octanol–water partition coefficient (Wildman–Crippen LogP) is 0.887. The number of fused-ring (bicyclic) bond motifs is 1. The first-order valence-corrected chi connectivity index (χ1v) is 7.06. The molecule has 0 spiro atoms. The molecule has 0 aliphatic heterocycles. The molecule has 3 heteroatoms. The van der Waals surface area contributed by atoms with Crippen LogP contribution in [0.15, 0.2) is 91.3 Å². The predicted molar refractivity (Wildman–Crippen MR) is 84.4 cm³/mol. The standard InChI is InChI=1S/C19H15N2.ClH/c1-3-9-16(10-4-1)19-20-14-8-7-13-18(20)15-21(19)17-11-5-2-6-12-17;/h1-15H;1H/q+1;/p-1. The maximum Gasteiger partial charge on any atom is 0.299 e. The number of hydrogen-bond donors (Lipinski definition) is 0. The number of hydrogen-bond acceptors (Lipinski definition) is 0. The molecule has 4 aromatic rings. The van der Waals surface area contributed by atoms with E-state index in [-0.39, 0.29) is 12.4 Å². The van der Waals surface area contributed by atoms with E-state index >= 15 is 0 Å². The highest BCUT2D eigenvalue weighted by Crippen LogP contribution is 2.19. The minimum Gasteiger partial charge on any atom is -1.00 e. The number of para-hydroxylation sites is 1. The molecular formula is C19H15ClN2. The molecule has 108 valence electrons. The molecule has 0 saturated carbocycles. The van der Waals surface area contributed by atoms with Crippen molar-refractivity contribution in [3.63, 3.8) is 0 Å². The lowest BCUT2D eigenvalue weighted by atomic mass is 10.2. The Morgan fingerprint density at radius 2 is 1.32 bits per heavy atom. The second-order valence-electron chi connectivity index (χ2n) is 5.02. The maximum atomic E-state index is 2.24. The summed E-state index contributed by atoms with van der Waals surface area (Å²) in [5, 5.41) is 0. The number of nitrogens with zero attached hydrogens (tertiary/aromatic N) is 2. The molecule has 0 amide bonds. The largest absolute Gasteiger partial charge is 1.00 e. The number of benzene rings is 2. The fraction of sp³-hybridized carbons (Fsp3) is 0. The second kappa shape index (κ2) is 6.04. The number of imidazole rings is 1. The lowest BCUT2D eigenvalue weighted by Crippen LogP contribution is -3.00. The van der Waals surface area contributed by atoms with E-state index in [1.165, 1.54) is 16.8 Å². The number of pyridine rings is 1. The third-order valence-corrected chi connectivity index (χ3v) is 3.68. The number of aromatic nitrogens is 2. The van der Waals surface area contributed by atoms with E-state index in [9.17, 15) is 0 Å². The van der Waals surface area contributed by atoms with E-state index in [0.717, 1.165) is 5.82 Å².